The fourth-order valence-corrected chi connectivity index (χ4v) is 1.69. The zero-order valence-electron chi connectivity index (χ0n) is 11.0. The normalized spacial score (nSPS) is 10.2. The molecule has 1 amide bonds. The van der Waals surface area contributed by atoms with Crippen molar-refractivity contribution in [1.82, 2.24) is 10.3 Å². The number of aryl methyl sites for hydroxylation is 1. The molecule has 0 aliphatic rings. The number of benzene rings is 1. The summed E-state index contributed by atoms with van der Waals surface area (Å²) in [6.45, 7) is 2.31. The van der Waals surface area contributed by atoms with Crippen LogP contribution in [-0.4, -0.2) is 24.5 Å². The maximum atomic E-state index is 11.9. The van der Waals surface area contributed by atoms with Gasteiger partial charge in [-0.2, -0.15) is 0 Å². The van der Waals surface area contributed by atoms with Crippen LogP contribution < -0.4 is 10.1 Å². The lowest BCUT2D eigenvalue weighted by atomic mass is 10.2. The summed E-state index contributed by atoms with van der Waals surface area (Å²) in [5.74, 6) is 1.17. The minimum Gasteiger partial charge on any atom is -0.497 e. The summed E-state index contributed by atoms with van der Waals surface area (Å²) in [7, 11) is 1.57. The van der Waals surface area contributed by atoms with Crippen LogP contribution in [0.5, 0.6) is 5.75 Å². The molecule has 0 bridgehead atoms. The number of amides is 1. The van der Waals surface area contributed by atoms with Crippen molar-refractivity contribution in [3.63, 3.8) is 0 Å². The minimum atomic E-state index is -0.126. The molecular weight excluding hydrogens is 244 g/mol. The second-order valence-electron chi connectivity index (χ2n) is 4.10. The maximum absolute atomic E-state index is 11.9. The van der Waals surface area contributed by atoms with Gasteiger partial charge in [0, 0.05) is 25.5 Å². The average Bonchev–Trinajstić information content (AvgIpc) is 2.84. The molecule has 0 saturated heterocycles. The Morgan fingerprint density at radius 2 is 2.32 bits per heavy atom. The van der Waals surface area contributed by atoms with Gasteiger partial charge in [-0.15, -0.1) is 0 Å². The lowest BCUT2D eigenvalue weighted by Crippen LogP contribution is -2.25. The fourth-order valence-electron chi connectivity index (χ4n) is 1.69. The SMILES string of the molecule is COc1cccc(C(=O)NCCc2coc(C)n2)c1. The van der Waals surface area contributed by atoms with Gasteiger partial charge in [0.25, 0.3) is 5.91 Å². The first-order valence-electron chi connectivity index (χ1n) is 6.02. The minimum absolute atomic E-state index is 0.126. The van der Waals surface area contributed by atoms with Gasteiger partial charge in [-0.25, -0.2) is 4.98 Å². The third-order valence-electron chi connectivity index (χ3n) is 2.67. The third kappa shape index (κ3) is 3.58. The lowest BCUT2D eigenvalue weighted by molar-refractivity contribution is 0.0953. The van der Waals surface area contributed by atoms with E-state index in [4.69, 9.17) is 9.15 Å². The van der Waals surface area contributed by atoms with Gasteiger partial charge >= 0.3 is 0 Å². The van der Waals surface area contributed by atoms with Crippen LogP contribution >= 0.6 is 0 Å². The number of nitrogens with one attached hydrogen (secondary N) is 1. The molecular formula is C14H16N2O3. The quantitative estimate of drug-likeness (QED) is 0.892. The van der Waals surface area contributed by atoms with Gasteiger partial charge in [0.2, 0.25) is 0 Å². The first kappa shape index (κ1) is 13.1. The molecule has 5 nitrogen and oxygen atoms in total. The topological polar surface area (TPSA) is 64.4 Å². The number of carbonyl (C=O) groups excluding carboxylic acids is 1. The number of carbonyl (C=O) groups is 1. The molecule has 0 spiro atoms. The molecule has 100 valence electrons. The Bertz CT molecular complexity index is 563. The summed E-state index contributed by atoms with van der Waals surface area (Å²) in [5.41, 5.74) is 1.42. The molecule has 1 aromatic carbocycles. The van der Waals surface area contributed by atoms with Gasteiger partial charge in [0.05, 0.1) is 12.8 Å². The van der Waals surface area contributed by atoms with Gasteiger partial charge in [-0.05, 0) is 18.2 Å². The van der Waals surface area contributed by atoms with Crippen molar-refractivity contribution in [2.24, 2.45) is 0 Å². The average molecular weight is 260 g/mol. The molecule has 0 atom stereocenters. The van der Waals surface area contributed by atoms with Crippen LogP contribution in [0, 0.1) is 6.92 Å². The van der Waals surface area contributed by atoms with Crippen molar-refractivity contribution >= 4 is 5.91 Å². The van der Waals surface area contributed by atoms with Gasteiger partial charge in [-0.1, -0.05) is 6.07 Å². The summed E-state index contributed by atoms with van der Waals surface area (Å²) in [5, 5.41) is 2.83. The van der Waals surface area contributed by atoms with Crippen molar-refractivity contribution in [3.8, 4) is 5.75 Å². The van der Waals surface area contributed by atoms with E-state index in [0.717, 1.165) is 5.69 Å². The molecule has 0 unspecified atom stereocenters. The summed E-state index contributed by atoms with van der Waals surface area (Å²) >= 11 is 0. The Morgan fingerprint density at radius 1 is 1.47 bits per heavy atom. The smallest absolute Gasteiger partial charge is 0.251 e. The van der Waals surface area contributed by atoms with Gasteiger partial charge < -0.3 is 14.5 Å². The van der Waals surface area contributed by atoms with Gasteiger partial charge in [0.1, 0.15) is 12.0 Å². The van der Waals surface area contributed by atoms with Crippen LogP contribution in [0.4, 0.5) is 0 Å². The van der Waals surface area contributed by atoms with Crippen molar-refractivity contribution in [3.05, 3.63) is 47.7 Å². The van der Waals surface area contributed by atoms with E-state index in [-0.39, 0.29) is 5.91 Å². The number of hydrogen-bond donors (Lipinski definition) is 1. The van der Waals surface area contributed by atoms with E-state index >= 15 is 0 Å². The number of ether oxygens (including phenoxy) is 1. The molecule has 19 heavy (non-hydrogen) atoms. The highest BCUT2D eigenvalue weighted by Gasteiger charge is 2.06. The first-order valence-corrected chi connectivity index (χ1v) is 6.02. The summed E-state index contributed by atoms with van der Waals surface area (Å²) in [4.78, 5) is 16.1. The van der Waals surface area contributed by atoms with Crippen molar-refractivity contribution in [2.45, 2.75) is 13.3 Å². The first-order chi connectivity index (χ1) is 9.19. The fraction of sp³-hybridized carbons (Fsp3) is 0.286. The lowest BCUT2D eigenvalue weighted by Gasteiger charge is -2.05. The van der Waals surface area contributed by atoms with E-state index in [0.29, 0.717) is 30.2 Å². The predicted octanol–water partition coefficient (Wildman–Crippen LogP) is 1.96. The zero-order chi connectivity index (χ0) is 13.7. The molecule has 1 aromatic heterocycles. The highest BCUT2D eigenvalue weighted by molar-refractivity contribution is 5.94. The number of nitrogens with zero attached hydrogens (tertiary/aromatic N) is 1. The van der Waals surface area contributed by atoms with Crippen LogP contribution in [0.15, 0.2) is 34.9 Å². The Balaban J connectivity index is 1.87. The zero-order valence-corrected chi connectivity index (χ0v) is 11.0. The van der Waals surface area contributed by atoms with Crippen LogP contribution in [0.1, 0.15) is 21.9 Å². The van der Waals surface area contributed by atoms with Gasteiger partial charge in [-0.3, -0.25) is 4.79 Å². The second kappa shape index (κ2) is 6.04. The number of rotatable bonds is 5. The molecule has 0 fully saturated rings. The summed E-state index contributed by atoms with van der Waals surface area (Å²) in [6.07, 6.45) is 2.25. The third-order valence-corrected chi connectivity index (χ3v) is 2.67. The van der Waals surface area contributed by atoms with E-state index < -0.39 is 0 Å². The molecule has 1 N–H and O–H groups in total. The van der Waals surface area contributed by atoms with Crippen molar-refractivity contribution < 1.29 is 13.9 Å². The van der Waals surface area contributed by atoms with Crippen LogP contribution in [0.3, 0.4) is 0 Å². The number of oxazole rings is 1. The van der Waals surface area contributed by atoms with Crippen molar-refractivity contribution in [1.29, 1.82) is 0 Å². The Morgan fingerprint density at radius 3 is 3.00 bits per heavy atom. The molecule has 0 radical (unpaired) electrons. The highest BCUT2D eigenvalue weighted by Crippen LogP contribution is 2.12. The molecule has 0 saturated carbocycles. The largest absolute Gasteiger partial charge is 0.497 e. The highest BCUT2D eigenvalue weighted by atomic mass is 16.5. The second-order valence-corrected chi connectivity index (χ2v) is 4.10. The molecule has 2 aromatic rings. The van der Waals surface area contributed by atoms with E-state index in [9.17, 15) is 4.79 Å². The van der Waals surface area contributed by atoms with Crippen LogP contribution in [0.2, 0.25) is 0 Å². The van der Waals surface area contributed by atoms with Crippen LogP contribution in [0.25, 0.3) is 0 Å². The molecule has 0 aliphatic heterocycles. The molecule has 1 heterocycles. The maximum Gasteiger partial charge on any atom is 0.251 e. The molecule has 0 aliphatic carbocycles. The Hall–Kier alpha value is -2.30. The van der Waals surface area contributed by atoms with Crippen molar-refractivity contribution in [2.75, 3.05) is 13.7 Å². The van der Waals surface area contributed by atoms with E-state index in [2.05, 4.69) is 10.3 Å². The predicted molar refractivity (Wildman–Crippen MR) is 70.3 cm³/mol. The number of aromatic nitrogens is 1. The van der Waals surface area contributed by atoms with Crippen LogP contribution in [-0.2, 0) is 6.42 Å². The number of methoxy groups -OCH3 is 1. The molecule has 2 rings (SSSR count). The van der Waals surface area contributed by atoms with E-state index in [1.54, 1.807) is 44.6 Å². The van der Waals surface area contributed by atoms with E-state index in [1.807, 2.05) is 0 Å². The monoisotopic (exact) mass is 260 g/mol. The Kier molecular flexibility index (Phi) is 4.18. The number of hydrogen-bond acceptors (Lipinski definition) is 4. The summed E-state index contributed by atoms with van der Waals surface area (Å²) in [6, 6.07) is 7.04. The summed E-state index contributed by atoms with van der Waals surface area (Å²) < 4.78 is 10.2. The molecule has 5 heteroatoms. The standard InChI is InChI=1S/C14H16N2O3/c1-10-16-12(9-19-10)6-7-15-14(17)11-4-3-5-13(8-11)18-2/h3-5,8-9H,6-7H2,1-2H3,(H,15,17). The van der Waals surface area contributed by atoms with Gasteiger partial charge in [0.15, 0.2) is 5.89 Å². The Labute approximate surface area is 111 Å². The van der Waals surface area contributed by atoms with E-state index in [1.165, 1.54) is 0 Å².